The van der Waals surface area contributed by atoms with Gasteiger partial charge in [-0.3, -0.25) is 4.79 Å². The molecule has 1 N–H and O–H groups in total. The highest BCUT2D eigenvalue weighted by molar-refractivity contribution is 6.30. The maximum atomic E-state index is 12.3. The number of likely N-dealkylation sites (tertiary alicyclic amines) is 1. The second-order valence-corrected chi connectivity index (χ2v) is 6.64. The Hall–Kier alpha value is -1.81. The second kappa shape index (κ2) is 7.64. The monoisotopic (exact) mass is 331 g/mol. The maximum Gasteiger partial charge on any atom is 0.228 e. The Morgan fingerprint density at radius 1 is 1.35 bits per heavy atom. The fourth-order valence-corrected chi connectivity index (χ4v) is 3.39. The van der Waals surface area contributed by atoms with Crippen molar-refractivity contribution >= 4 is 23.2 Å². The van der Waals surface area contributed by atoms with Gasteiger partial charge in [-0.25, -0.2) is 0 Å². The van der Waals surface area contributed by atoms with Gasteiger partial charge >= 0.3 is 0 Å². The number of halogens is 1. The molecule has 0 spiro atoms. The van der Waals surface area contributed by atoms with E-state index < -0.39 is 0 Å². The molecule has 0 aliphatic carbocycles. The molecule has 122 valence electrons. The highest BCUT2D eigenvalue weighted by Crippen LogP contribution is 2.23. The molecule has 5 heteroatoms. The summed E-state index contributed by atoms with van der Waals surface area (Å²) in [4.78, 5) is 14.3. The Labute approximate surface area is 142 Å². The Morgan fingerprint density at radius 2 is 2.17 bits per heavy atom. The summed E-state index contributed by atoms with van der Waals surface area (Å²) >= 11 is 6.05. The first-order chi connectivity index (χ1) is 11.2. The molecular formula is C18H22ClN3O. The van der Waals surface area contributed by atoms with E-state index in [9.17, 15) is 4.79 Å². The van der Waals surface area contributed by atoms with Crippen LogP contribution in [-0.4, -0.2) is 36.2 Å². The maximum absolute atomic E-state index is 12.3. The van der Waals surface area contributed by atoms with Gasteiger partial charge in [0, 0.05) is 18.1 Å². The molecule has 3 rings (SSSR count). The van der Waals surface area contributed by atoms with Gasteiger partial charge < -0.3 is 10.3 Å². The number of hydrogen-bond acceptors (Lipinski definition) is 3. The van der Waals surface area contributed by atoms with Crippen LogP contribution in [0.4, 0.5) is 0 Å². The van der Waals surface area contributed by atoms with Crippen LogP contribution in [-0.2, 0) is 11.2 Å². The molecule has 0 saturated carbocycles. The molecule has 0 radical (unpaired) electrons. The fourth-order valence-electron chi connectivity index (χ4n) is 3.18. The van der Waals surface area contributed by atoms with E-state index in [0.717, 1.165) is 49.6 Å². The standard InChI is InChI=1S/C18H22ClN3O/c19-16-4-1-3-15(12-16)11-14-6-9-22(10-7-14)18(23)13-17-5-2-8-20-21-17/h1-5,12,14,20H,6-11,13H2. The third-order valence-electron chi connectivity index (χ3n) is 4.46. The van der Waals surface area contributed by atoms with Crippen molar-refractivity contribution in [1.82, 2.24) is 10.3 Å². The van der Waals surface area contributed by atoms with Crippen molar-refractivity contribution in [3.05, 3.63) is 47.0 Å². The minimum atomic E-state index is 0.179. The highest BCUT2D eigenvalue weighted by atomic mass is 35.5. The molecule has 1 amide bonds. The minimum Gasteiger partial charge on any atom is -0.342 e. The van der Waals surface area contributed by atoms with Crippen LogP contribution in [0.25, 0.3) is 0 Å². The number of hydrogen-bond donors (Lipinski definition) is 1. The van der Waals surface area contributed by atoms with Crippen LogP contribution in [0.2, 0.25) is 5.02 Å². The van der Waals surface area contributed by atoms with E-state index in [1.807, 2.05) is 35.3 Å². The minimum absolute atomic E-state index is 0.179. The summed E-state index contributed by atoms with van der Waals surface area (Å²) < 4.78 is 0. The molecule has 0 unspecified atom stereocenters. The van der Waals surface area contributed by atoms with Crippen molar-refractivity contribution in [1.29, 1.82) is 0 Å². The average molecular weight is 332 g/mol. The lowest BCUT2D eigenvalue weighted by atomic mass is 9.90. The third-order valence-corrected chi connectivity index (χ3v) is 4.69. The van der Waals surface area contributed by atoms with Gasteiger partial charge in [-0.2, -0.15) is 5.10 Å². The van der Waals surface area contributed by atoms with Crippen LogP contribution in [0.5, 0.6) is 0 Å². The predicted molar refractivity (Wildman–Crippen MR) is 93.7 cm³/mol. The normalized spacial score (nSPS) is 18.5. The van der Waals surface area contributed by atoms with Gasteiger partial charge in [0.15, 0.2) is 0 Å². The first-order valence-electron chi connectivity index (χ1n) is 8.19. The van der Waals surface area contributed by atoms with Crippen molar-refractivity contribution in [3.8, 4) is 0 Å². The fraction of sp³-hybridized carbons (Fsp3) is 0.444. The van der Waals surface area contributed by atoms with Crippen LogP contribution in [0.1, 0.15) is 24.8 Å². The van der Waals surface area contributed by atoms with Crippen molar-refractivity contribution < 1.29 is 4.79 Å². The zero-order chi connectivity index (χ0) is 16.1. The van der Waals surface area contributed by atoms with Crippen molar-refractivity contribution in [2.24, 2.45) is 11.0 Å². The molecule has 2 heterocycles. The molecule has 23 heavy (non-hydrogen) atoms. The summed E-state index contributed by atoms with van der Waals surface area (Å²) in [5.41, 5.74) is 5.01. The molecule has 0 aromatic heterocycles. The molecule has 1 fully saturated rings. The number of carbonyl (C=O) groups excluding carboxylic acids is 1. The van der Waals surface area contributed by atoms with E-state index in [-0.39, 0.29) is 5.91 Å². The van der Waals surface area contributed by atoms with Gasteiger partial charge in [0.25, 0.3) is 0 Å². The Morgan fingerprint density at radius 3 is 2.87 bits per heavy atom. The van der Waals surface area contributed by atoms with Gasteiger partial charge in [-0.1, -0.05) is 29.8 Å². The van der Waals surface area contributed by atoms with Gasteiger partial charge in [-0.15, -0.1) is 0 Å². The Kier molecular flexibility index (Phi) is 5.34. The Balaban J connectivity index is 1.47. The second-order valence-electron chi connectivity index (χ2n) is 6.20. The van der Waals surface area contributed by atoms with Gasteiger partial charge in [0.1, 0.15) is 0 Å². The number of nitrogens with zero attached hydrogens (tertiary/aromatic N) is 2. The molecule has 0 bridgehead atoms. The SMILES string of the molecule is O=C(CC1=NNCC=C1)N1CCC(Cc2cccc(Cl)c2)CC1. The summed E-state index contributed by atoms with van der Waals surface area (Å²) in [6.45, 7) is 2.43. The highest BCUT2D eigenvalue weighted by Gasteiger charge is 2.23. The summed E-state index contributed by atoms with van der Waals surface area (Å²) in [6.07, 6.45) is 7.47. The number of nitrogens with one attached hydrogen (secondary N) is 1. The average Bonchev–Trinajstić information content (AvgIpc) is 2.56. The van der Waals surface area contributed by atoms with E-state index in [2.05, 4.69) is 16.6 Å². The van der Waals surface area contributed by atoms with Crippen LogP contribution in [0, 0.1) is 5.92 Å². The van der Waals surface area contributed by atoms with Crippen LogP contribution >= 0.6 is 11.6 Å². The van der Waals surface area contributed by atoms with E-state index in [4.69, 9.17) is 11.6 Å². The third kappa shape index (κ3) is 4.58. The number of piperidine rings is 1. The molecular weight excluding hydrogens is 310 g/mol. The topological polar surface area (TPSA) is 44.7 Å². The zero-order valence-corrected chi connectivity index (χ0v) is 13.9. The Bertz CT molecular complexity index is 618. The smallest absolute Gasteiger partial charge is 0.228 e. The first kappa shape index (κ1) is 16.1. The van der Waals surface area contributed by atoms with Crippen molar-refractivity contribution in [3.63, 3.8) is 0 Å². The molecule has 2 aliphatic heterocycles. The number of amides is 1. The van der Waals surface area contributed by atoms with Crippen molar-refractivity contribution in [2.45, 2.75) is 25.7 Å². The van der Waals surface area contributed by atoms with E-state index in [0.29, 0.717) is 12.3 Å². The lowest BCUT2D eigenvalue weighted by Gasteiger charge is -2.32. The van der Waals surface area contributed by atoms with Gasteiger partial charge in [-0.05, 0) is 49.0 Å². The molecule has 0 atom stereocenters. The number of allylic oxidation sites excluding steroid dienone is 1. The van der Waals surface area contributed by atoms with Crippen LogP contribution < -0.4 is 5.43 Å². The lowest BCUT2D eigenvalue weighted by molar-refractivity contribution is -0.131. The first-order valence-corrected chi connectivity index (χ1v) is 8.56. The number of benzene rings is 1. The number of hydrazone groups is 1. The van der Waals surface area contributed by atoms with E-state index in [1.54, 1.807) is 0 Å². The number of carbonyl (C=O) groups is 1. The summed E-state index contributed by atoms with van der Waals surface area (Å²) in [5.74, 6) is 0.810. The predicted octanol–water partition coefficient (Wildman–Crippen LogP) is 3.03. The van der Waals surface area contributed by atoms with Gasteiger partial charge in [0.2, 0.25) is 5.91 Å². The van der Waals surface area contributed by atoms with E-state index in [1.165, 1.54) is 5.56 Å². The zero-order valence-electron chi connectivity index (χ0n) is 13.2. The molecule has 4 nitrogen and oxygen atoms in total. The summed E-state index contributed by atoms with van der Waals surface area (Å²) in [6, 6.07) is 8.08. The molecule has 1 aromatic carbocycles. The quantitative estimate of drug-likeness (QED) is 0.921. The molecule has 1 aromatic rings. The van der Waals surface area contributed by atoms with Crippen LogP contribution in [0.3, 0.4) is 0 Å². The molecule has 2 aliphatic rings. The largest absolute Gasteiger partial charge is 0.342 e. The lowest BCUT2D eigenvalue weighted by Crippen LogP contribution is -2.39. The van der Waals surface area contributed by atoms with Crippen molar-refractivity contribution in [2.75, 3.05) is 19.6 Å². The van der Waals surface area contributed by atoms with E-state index >= 15 is 0 Å². The van der Waals surface area contributed by atoms with Gasteiger partial charge in [0.05, 0.1) is 18.7 Å². The summed E-state index contributed by atoms with van der Waals surface area (Å²) in [5, 5.41) is 4.96. The van der Waals surface area contributed by atoms with Crippen LogP contribution in [0.15, 0.2) is 41.5 Å². The number of rotatable bonds is 4. The summed E-state index contributed by atoms with van der Waals surface area (Å²) in [7, 11) is 0. The molecule has 1 saturated heterocycles.